The standard InChI is InChI=1S/C14H14O3/c15-13(14-4-3-10(14)7-14)6-9-1-2-11-12(5-9)17-8-16-11/h1-2,5,10H,3-4,6-8H2. The van der Waals surface area contributed by atoms with E-state index in [9.17, 15) is 4.79 Å². The Morgan fingerprint density at radius 2 is 2.24 bits per heavy atom. The Balaban J connectivity index is 1.54. The topological polar surface area (TPSA) is 35.5 Å². The molecule has 2 aliphatic carbocycles. The molecule has 1 heterocycles. The van der Waals surface area contributed by atoms with Crippen LogP contribution in [0.4, 0.5) is 0 Å². The Kier molecular flexibility index (Phi) is 1.70. The summed E-state index contributed by atoms with van der Waals surface area (Å²) >= 11 is 0. The maximum absolute atomic E-state index is 12.2. The van der Waals surface area contributed by atoms with Crippen LogP contribution < -0.4 is 9.47 Å². The Bertz CT molecular complexity index is 504. The molecule has 2 saturated carbocycles. The first-order chi connectivity index (χ1) is 8.28. The Morgan fingerprint density at radius 1 is 1.35 bits per heavy atom. The molecule has 0 saturated heterocycles. The van der Waals surface area contributed by atoms with Crippen LogP contribution in [-0.2, 0) is 11.2 Å². The van der Waals surface area contributed by atoms with Gasteiger partial charge in [0.1, 0.15) is 5.78 Å². The number of carbonyl (C=O) groups is 1. The third kappa shape index (κ3) is 1.25. The predicted octanol–water partition coefficient (Wildman–Crippen LogP) is 2.33. The van der Waals surface area contributed by atoms with Crippen LogP contribution in [0.25, 0.3) is 0 Å². The van der Waals surface area contributed by atoms with Crippen LogP contribution in [0.15, 0.2) is 18.2 Å². The number of benzene rings is 1. The number of Topliss-reactive ketones (excluding diaryl/α,β-unsaturated/α-hetero) is 1. The number of ether oxygens (including phenoxy) is 2. The van der Waals surface area contributed by atoms with Crippen molar-refractivity contribution in [3.63, 3.8) is 0 Å². The maximum Gasteiger partial charge on any atom is 0.231 e. The van der Waals surface area contributed by atoms with Gasteiger partial charge in [-0.3, -0.25) is 4.79 Å². The van der Waals surface area contributed by atoms with Crippen LogP contribution in [-0.4, -0.2) is 12.6 Å². The molecule has 0 bridgehead atoms. The van der Waals surface area contributed by atoms with Crippen molar-refractivity contribution >= 4 is 5.78 Å². The third-order valence-corrected chi connectivity index (χ3v) is 4.53. The van der Waals surface area contributed by atoms with E-state index in [-0.39, 0.29) is 5.41 Å². The molecule has 1 aromatic rings. The van der Waals surface area contributed by atoms with Crippen LogP contribution in [0, 0.1) is 11.3 Å². The first kappa shape index (κ1) is 9.51. The van der Waals surface area contributed by atoms with Crippen LogP contribution in [0.1, 0.15) is 24.8 Å². The van der Waals surface area contributed by atoms with Crippen molar-refractivity contribution in [3.8, 4) is 11.5 Å². The second-order valence-corrected chi connectivity index (χ2v) is 5.38. The largest absolute Gasteiger partial charge is 0.454 e. The molecule has 3 heteroatoms. The fraction of sp³-hybridized carbons (Fsp3) is 0.500. The van der Waals surface area contributed by atoms with Gasteiger partial charge in [-0.1, -0.05) is 6.07 Å². The zero-order valence-electron chi connectivity index (χ0n) is 9.57. The highest BCUT2D eigenvalue weighted by Crippen LogP contribution is 2.68. The van der Waals surface area contributed by atoms with Gasteiger partial charge in [-0.25, -0.2) is 0 Å². The summed E-state index contributed by atoms with van der Waals surface area (Å²) in [6.07, 6.45) is 4.05. The minimum absolute atomic E-state index is 0.0936. The van der Waals surface area contributed by atoms with Crippen molar-refractivity contribution in [3.05, 3.63) is 23.8 Å². The number of carbonyl (C=O) groups excluding carboxylic acids is 1. The number of ketones is 1. The number of hydrogen-bond acceptors (Lipinski definition) is 3. The van der Waals surface area contributed by atoms with Crippen LogP contribution in [0.2, 0.25) is 0 Å². The lowest BCUT2D eigenvalue weighted by Gasteiger charge is -2.23. The molecule has 4 rings (SSSR count). The van der Waals surface area contributed by atoms with Gasteiger partial charge in [0, 0.05) is 11.8 Å². The molecule has 2 unspecified atom stereocenters. The summed E-state index contributed by atoms with van der Waals surface area (Å²) in [6, 6.07) is 5.80. The zero-order chi connectivity index (χ0) is 11.5. The molecule has 17 heavy (non-hydrogen) atoms. The van der Waals surface area contributed by atoms with E-state index >= 15 is 0 Å². The highest BCUT2D eigenvalue weighted by Gasteiger charge is 2.64. The highest BCUT2D eigenvalue weighted by molar-refractivity contribution is 5.91. The lowest BCUT2D eigenvalue weighted by Crippen LogP contribution is -2.26. The molecule has 88 valence electrons. The first-order valence-electron chi connectivity index (χ1n) is 6.20. The van der Waals surface area contributed by atoms with Gasteiger partial charge >= 0.3 is 0 Å². The third-order valence-electron chi connectivity index (χ3n) is 4.53. The molecule has 0 radical (unpaired) electrons. The summed E-state index contributed by atoms with van der Waals surface area (Å²) in [5.74, 6) is 2.69. The average molecular weight is 230 g/mol. The second kappa shape index (κ2) is 3.03. The zero-order valence-corrected chi connectivity index (χ0v) is 9.57. The van der Waals surface area contributed by atoms with E-state index in [1.165, 1.54) is 6.42 Å². The fourth-order valence-corrected chi connectivity index (χ4v) is 3.18. The summed E-state index contributed by atoms with van der Waals surface area (Å²) in [5, 5.41) is 0. The Hall–Kier alpha value is -1.51. The molecule has 2 fully saturated rings. The van der Waals surface area contributed by atoms with Crippen molar-refractivity contribution in [1.29, 1.82) is 0 Å². The lowest BCUT2D eigenvalue weighted by molar-refractivity contribution is -0.126. The average Bonchev–Trinajstić information content (AvgIpc) is 2.70. The molecule has 0 aromatic heterocycles. The van der Waals surface area contributed by atoms with Crippen molar-refractivity contribution in [2.45, 2.75) is 25.7 Å². The molecule has 3 nitrogen and oxygen atoms in total. The molecular weight excluding hydrogens is 216 g/mol. The van der Waals surface area contributed by atoms with Crippen LogP contribution >= 0.6 is 0 Å². The van der Waals surface area contributed by atoms with Gasteiger partial charge in [-0.15, -0.1) is 0 Å². The second-order valence-electron chi connectivity index (χ2n) is 5.38. The Labute approximate surface area is 99.7 Å². The van der Waals surface area contributed by atoms with Crippen LogP contribution in [0.5, 0.6) is 11.5 Å². The van der Waals surface area contributed by atoms with Crippen molar-refractivity contribution < 1.29 is 14.3 Å². The first-order valence-corrected chi connectivity index (χ1v) is 6.20. The molecule has 2 atom stereocenters. The van der Waals surface area contributed by atoms with E-state index < -0.39 is 0 Å². The molecule has 0 N–H and O–H groups in total. The van der Waals surface area contributed by atoms with E-state index in [4.69, 9.17) is 9.47 Å². The van der Waals surface area contributed by atoms with Gasteiger partial charge < -0.3 is 9.47 Å². The van der Waals surface area contributed by atoms with E-state index in [2.05, 4.69) is 0 Å². The SMILES string of the molecule is O=C(Cc1ccc2c(c1)OCO2)C12CCC1C2. The monoisotopic (exact) mass is 230 g/mol. The van der Waals surface area contributed by atoms with Gasteiger partial charge in [0.25, 0.3) is 0 Å². The Morgan fingerprint density at radius 3 is 2.94 bits per heavy atom. The smallest absolute Gasteiger partial charge is 0.231 e. The van der Waals surface area contributed by atoms with Gasteiger partial charge in [0.2, 0.25) is 6.79 Å². The van der Waals surface area contributed by atoms with Gasteiger partial charge in [0.15, 0.2) is 11.5 Å². The van der Waals surface area contributed by atoms with E-state index in [1.807, 2.05) is 18.2 Å². The van der Waals surface area contributed by atoms with Crippen molar-refractivity contribution in [2.24, 2.45) is 11.3 Å². The minimum Gasteiger partial charge on any atom is -0.454 e. The summed E-state index contributed by atoms with van der Waals surface area (Å²) in [4.78, 5) is 12.2. The normalized spacial score (nSPS) is 31.6. The summed E-state index contributed by atoms with van der Waals surface area (Å²) in [6.45, 7) is 0.290. The molecular formula is C14H14O3. The van der Waals surface area contributed by atoms with Crippen LogP contribution in [0.3, 0.4) is 0 Å². The van der Waals surface area contributed by atoms with Crippen molar-refractivity contribution in [1.82, 2.24) is 0 Å². The van der Waals surface area contributed by atoms with Crippen molar-refractivity contribution in [2.75, 3.05) is 6.79 Å². The summed E-state index contributed by atoms with van der Waals surface area (Å²) in [5.41, 5.74) is 1.14. The molecule has 1 aliphatic heterocycles. The number of hydrogen-bond donors (Lipinski definition) is 0. The quantitative estimate of drug-likeness (QED) is 0.799. The van der Waals surface area contributed by atoms with E-state index in [1.54, 1.807) is 0 Å². The molecule has 3 aliphatic rings. The molecule has 0 spiro atoms. The lowest BCUT2D eigenvalue weighted by atomic mass is 9.79. The van der Waals surface area contributed by atoms with Gasteiger partial charge in [-0.05, 0) is 42.9 Å². The maximum atomic E-state index is 12.2. The highest BCUT2D eigenvalue weighted by atomic mass is 16.7. The van der Waals surface area contributed by atoms with Gasteiger partial charge in [-0.2, -0.15) is 0 Å². The van der Waals surface area contributed by atoms with E-state index in [0.717, 1.165) is 29.9 Å². The summed E-state index contributed by atoms with van der Waals surface area (Å²) < 4.78 is 10.6. The van der Waals surface area contributed by atoms with E-state index in [0.29, 0.717) is 24.9 Å². The number of rotatable bonds is 3. The molecule has 1 aromatic carbocycles. The number of fused-ring (bicyclic) bond motifs is 2. The van der Waals surface area contributed by atoms with Gasteiger partial charge in [0.05, 0.1) is 0 Å². The fourth-order valence-electron chi connectivity index (χ4n) is 3.18. The predicted molar refractivity (Wildman–Crippen MR) is 61.1 cm³/mol. The summed E-state index contributed by atoms with van der Waals surface area (Å²) in [7, 11) is 0. The minimum atomic E-state index is 0.0936. The molecule has 0 amide bonds.